The van der Waals surface area contributed by atoms with Gasteiger partial charge in [0.15, 0.2) is 0 Å². The quantitative estimate of drug-likeness (QED) is 0.649. The van der Waals surface area contributed by atoms with Crippen molar-refractivity contribution in [3.8, 4) is 0 Å². The van der Waals surface area contributed by atoms with E-state index < -0.39 is 0 Å². The van der Waals surface area contributed by atoms with Gasteiger partial charge in [0.25, 0.3) is 0 Å². The third-order valence-electron chi connectivity index (χ3n) is 3.67. The van der Waals surface area contributed by atoms with Crippen LogP contribution in [-0.4, -0.2) is 29.8 Å². The fraction of sp³-hybridized carbons (Fsp3) is 0.333. The minimum absolute atomic E-state index is 0.778. The van der Waals surface area contributed by atoms with Gasteiger partial charge >= 0.3 is 0 Å². The summed E-state index contributed by atoms with van der Waals surface area (Å²) in [4.78, 5) is 11.1. The van der Waals surface area contributed by atoms with Crippen LogP contribution >= 0.6 is 0 Å². The lowest BCUT2D eigenvalue weighted by molar-refractivity contribution is 0.552. The average Bonchev–Trinajstić information content (AvgIpc) is 2.53. The largest absolute Gasteiger partial charge is 0.366 e. The number of rotatable bonds is 6. The zero-order chi connectivity index (χ0) is 15.9. The lowest BCUT2D eigenvalue weighted by Crippen LogP contribution is -2.14. The molecule has 0 radical (unpaired) electrons. The summed E-state index contributed by atoms with van der Waals surface area (Å²) in [5, 5.41) is 3.37. The smallest absolute Gasteiger partial charge is 0.126 e. The first kappa shape index (κ1) is 16.0. The molecule has 0 aliphatic heterocycles. The molecule has 1 heterocycles. The van der Waals surface area contributed by atoms with Crippen LogP contribution in [0.5, 0.6) is 0 Å². The van der Waals surface area contributed by atoms with Crippen molar-refractivity contribution >= 4 is 17.8 Å². The molecule has 0 aliphatic rings. The van der Waals surface area contributed by atoms with Crippen molar-refractivity contribution in [3.05, 3.63) is 53.2 Å². The van der Waals surface area contributed by atoms with E-state index in [1.54, 1.807) is 0 Å². The van der Waals surface area contributed by atoms with Gasteiger partial charge in [-0.3, -0.25) is 0 Å². The lowest BCUT2D eigenvalue weighted by atomic mass is 10.1. The molecule has 2 aromatic rings. The molecule has 2 rings (SSSR count). The van der Waals surface area contributed by atoms with E-state index in [1.807, 2.05) is 37.3 Å². The Balaban J connectivity index is 2.03. The van der Waals surface area contributed by atoms with Gasteiger partial charge < -0.3 is 10.2 Å². The van der Waals surface area contributed by atoms with Crippen molar-refractivity contribution in [2.75, 3.05) is 18.9 Å². The number of pyridine rings is 1. The fourth-order valence-corrected chi connectivity index (χ4v) is 2.03. The monoisotopic (exact) mass is 296 g/mol. The predicted octanol–water partition coefficient (Wildman–Crippen LogP) is 3.92. The predicted molar refractivity (Wildman–Crippen MR) is 93.9 cm³/mol. The zero-order valence-corrected chi connectivity index (χ0v) is 13.8. The average molecular weight is 296 g/mol. The molecule has 0 saturated heterocycles. The summed E-state index contributed by atoms with van der Waals surface area (Å²) >= 11 is 0. The molecule has 0 saturated carbocycles. The summed E-state index contributed by atoms with van der Waals surface area (Å²) in [6.07, 6.45) is 1.84. The van der Waals surface area contributed by atoms with Crippen molar-refractivity contribution in [1.29, 1.82) is 0 Å². The molecule has 0 fully saturated rings. The second kappa shape index (κ2) is 7.59. The standard InChI is InChI=1S/C18H24N4/c1-5-22(4)13-20-17-10-11-18(21-15(17)3)19-12-16-9-7-6-8-14(16)2/h6-11,13H,5,12H2,1-4H3,(H,19,21)/b20-13+. The van der Waals surface area contributed by atoms with Crippen molar-refractivity contribution < 1.29 is 0 Å². The van der Waals surface area contributed by atoms with Gasteiger partial charge in [-0.2, -0.15) is 0 Å². The Morgan fingerprint density at radius 1 is 1.18 bits per heavy atom. The molecule has 116 valence electrons. The van der Waals surface area contributed by atoms with Gasteiger partial charge in [0.2, 0.25) is 0 Å². The molecule has 0 amide bonds. The van der Waals surface area contributed by atoms with Gasteiger partial charge in [-0.1, -0.05) is 24.3 Å². The van der Waals surface area contributed by atoms with Crippen LogP contribution in [0.1, 0.15) is 23.7 Å². The number of nitrogens with one attached hydrogen (secondary N) is 1. The number of hydrogen-bond donors (Lipinski definition) is 1. The molecule has 1 aromatic carbocycles. The first-order valence-corrected chi connectivity index (χ1v) is 7.60. The minimum Gasteiger partial charge on any atom is -0.366 e. The van der Waals surface area contributed by atoms with Gasteiger partial charge in [0.05, 0.1) is 17.7 Å². The van der Waals surface area contributed by atoms with Crippen LogP contribution in [-0.2, 0) is 6.54 Å². The minimum atomic E-state index is 0.778. The highest BCUT2D eigenvalue weighted by atomic mass is 15.1. The van der Waals surface area contributed by atoms with Crippen LogP contribution < -0.4 is 5.32 Å². The van der Waals surface area contributed by atoms with Gasteiger partial charge in [0.1, 0.15) is 5.82 Å². The third kappa shape index (κ3) is 4.32. The maximum absolute atomic E-state index is 4.58. The van der Waals surface area contributed by atoms with Gasteiger partial charge in [-0.25, -0.2) is 9.98 Å². The number of hydrogen-bond acceptors (Lipinski definition) is 3. The number of anilines is 1. The molecule has 0 bridgehead atoms. The Bertz CT molecular complexity index is 649. The van der Waals surface area contributed by atoms with Gasteiger partial charge in [-0.15, -0.1) is 0 Å². The number of aliphatic imine (C=N–C) groups is 1. The molecular weight excluding hydrogens is 272 g/mol. The Morgan fingerprint density at radius 2 is 1.95 bits per heavy atom. The van der Waals surface area contributed by atoms with Gasteiger partial charge in [-0.05, 0) is 44.0 Å². The Morgan fingerprint density at radius 3 is 2.64 bits per heavy atom. The van der Waals surface area contributed by atoms with Crippen LogP contribution in [0.3, 0.4) is 0 Å². The van der Waals surface area contributed by atoms with Gasteiger partial charge in [0, 0.05) is 20.1 Å². The van der Waals surface area contributed by atoms with E-state index in [0.717, 1.165) is 30.3 Å². The van der Waals surface area contributed by atoms with Crippen molar-refractivity contribution in [1.82, 2.24) is 9.88 Å². The molecule has 0 spiro atoms. The van der Waals surface area contributed by atoms with Crippen LogP contribution in [0.2, 0.25) is 0 Å². The van der Waals surface area contributed by atoms with E-state index in [4.69, 9.17) is 0 Å². The van der Waals surface area contributed by atoms with Crippen LogP contribution in [0, 0.1) is 13.8 Å². The number of aromatic nitrogens is 1. The second-order valence-corrected chi connectivity index (χ2v) is 5.40. The molecule has 0 atom stereocenters. The highest BCUT2D eigenvalue weighted by Crippen LogP contribution is 2.19. The molecule has 1 N–H and O–H groups in total. The van der Waals surface area contributed by atoms with Crippen LogP contribution in [0.15, 0.2) is 41.4 Å². The van der Waals surface area contributed by atoms with Crippen molar-refractivity contribution in [2.45, 2.75) is 27.3 Å². The first-order valence-electron chi connectivity index (χ1n) is 7.60. The molecule has 22 heavy (non-hydrogen) atoms. The van der Waals surface area contributed by atoms with E-state index in [9.17, 15) is 0 Å². The maximum atomic E-state index is 4.58. The molecule has 0 aliphatic carbocycles. The normalized spacial score (nSPS) is 10.9. The summed E-state index contributed by atoms with van der Waals surface area (Å²) in [5.41, 5.74) is 4.40. The van der Waals surface area contributed by atoms with E-state index >= 15 is 0 Å². The fourth-order valence-electron chi connectivity index (χ4n) is 2.03. The topological polar surface area (TPSA) is 40.5 Å². The van der Waals surface area contributed by atoms with E-state index in [2.05, 4.69) is 53.4 Å². The third-order valence-corrected chi connectivity index (χ3v) is 3.67. The second-order valence-electron chi connectivity index (χ2n) is 5.40. The van der Waals surface area contributed by atoms with Crippen LogP contribution in [0.4, 0.5) is 11.5 Å². The lowest BCUT2D eigenvalue weighted by Gasteiger charge is -2.11. The molecule has 0 unspecified atom stereocenters. The molecular formula is C18H24N4. The Kier molecular flexibility index (Phi) is 5.53. The van der Waals surface area contributed by atoms with E-state index in [-0.39, 0.29) is 0 Å². The summed E-state index contributed by atoms with van der Waals surface area (Å²) in [7, 11) is 2.00. The maximum Gasteiger partial charge on any atom is 0.126 e. The summed E-state index contributed by atoms with van der Waals surface area (Å²) in [6.45, 7) is 7.91. The van der Waals surface area contributed by atoms with Crippen molar-refractivity contribution in [3.63, 3.8) is 0 Å². The molecule has 4 heteroatoms. The Labute approximate surface area is 132 Å². The molecule has 4 nitrogen and oxygen atoms in total. The number of benzene rings is 1. The highest BCUT2D eigenvalue weighted by molar-refractivity contribution is 5.62. The Hall–Kier alpha value is -2.36. The first-order chi connectivity index (χ1) is 10.6. The SMILES string of the molecule is CCN(C)/C=N/c1ccc(NCc2ccccc2C)nc1C. The zero-order valence-electron chi connectivity index (χ0n) is 13.8. The summed E-state index contributed by atoms with van der Waals surface area (Å²) in [6, 6.07) is 12.4. The van der Waals surface area contributed by atoms with Crippen LogP contribution in [0.25, 0.3) is 0 Å². The van der Waals surface area contributed by atoms with Crippen molar-refractivity contribution in [2.24, 2.45) is 4.99 Å². The van der Waals surface area contributed by atoms with E-state index in [1.165, 1.54) is 11.1 Å². The summed E-state index contributed by atoms with van der Waals surface area (Å²) < 4.78 is 0. The van der Waals surface area contributed by atoms with E-state index in [0.29, 0.717) is 0 Å². The number of nitrogens with zero attached hydrogens (tertiary/aromatic N) is 3. The molecule has 1 aromatic heterocycles. The summed E-state index contributed by atoms with van der Waals surface area (Å²) in [5.74, 6) is 0.878. The number of aryl methyl sites for hydroxylation is 2. The highest BCUT2D eigenvalue weighted by Gasteiger charge is 2.02.